The second kappa shape index (κ2) is 9.99. The topological polar surface area (TPSA) is 117 Å². The van der Waals surface area contributed by atoms with Crippen LogP contribution in [-0.4, -0.2) is 15.4 Å². The fraction of sp³-hybridized carbons (Fsp3) is 0.167. The number of hydrogen-bond acceptors (Lipinski definition) is 6. The molecule has 1 heterocycles. The van der Waals surface area contributed by atoms with Crippen LogP contribution in [0.1, 0.15) is 18.4 Å². The molecule has 1 aromatic heterocycles. The van der Waals surface area contributed by atoms with Gasteiger partial charge in [0.05, 0.1) is 16.5 Å². The maximum atomic E-state index is 13.3. The van der Waals surface area contributed by atoms with Gasteiger partial charge >= 0.3 is 5.76 Å². The lowest BCUT2D eigenvalue weighted by Crippen LogP contribution is -2.17. The predicted molar refractivity (Wildman–Crippen MR) is 122 cm³/mol. The summed E-state index contributed by atoms with van der Waals surface area (Å²) in [4.78, 5) is 34.8. The Labute approximate surface area is 192 Å². The van der Waals surface area contributed by atoms with Gasteiger partial charge in [0.1, 0.15) is 18.2 Å². The lowest BCUT2D eigenvalue weighted by Gasteiger charge is -2.09. The number of rotatable bonds is 9. The van der Waals surface area contributed by atoms with E-state index in [1.807, 2.05) is 6.07 Å². The lowest BCUT2D eigenvalue weighted by atomic mass is 10.2. The molecule has 10 heteroatoms. The number of oxazole rings is 1. The van der Waals surface area contributed by atoms with Crippen molar-refractivity contribution in [2.45, 2.75) is 26.0 Å². The van der Waals surface area contributed by atoms with Crippen molar-refractivity contribution < 1.29 is 23.3 Å². The highest BCUT2D eigenvalue weighted by Gasteiger charge is 2.14. The molecule has 0 aliphatic heterocycles. The number of aromatic nitrogens is 1. The van der Waals surface area contributed by atoms with Crippen LogP contribution in [0.3, 0.4) is 0 Å². The summed E-state index contributed by atoms with van der Waals surface area (Å²) in [6, 6.07) is 16.9. The monoisotopic (exact) mass is 465 g/mol. The van der Waals surface area contributed by atoms with Crippen LogP contribution in [0.25, 0.3) is 11.1 Å². The average Bonchev–Trinajstić information content (AvgIpc) is 3.12. The van der Waals surface area contributed by atoms with Gasteiger partial charge in [0.15, 0.2) is 5.58 Å². The van der Waals surface area contributed by atoms with Crippen LogP contribution >= 0.6 is 0 Å². The Morgan fingerprint density at radius 3 is 2.74 bits per heavy atom. The van der Waals surface area contributed by atoms with E-state index in [9.17, 15) is 24.1 Å². The van der Waals surface area contributed by atoms with E-state index in [0.717, 1.165) is 5.56 Å². The van der Waals surface area contributed by atoms with Crippen LogP contribution in [0.2, 0.25) is 0 Å². The predicted octanol–water partition coefficient (Wildman–Crippen LogP) is 4.64. The Kier molecular flexibility index (Phi) is 6.67. The normalized spacial score (nSPS) is 10.9. The van der Waals surface area contributed by atoms with Crippen LogP contribution in [0.4, 0.5) is 15.8 Å². The van der Waals surface area contributed by atoms with Crippen molar-refractivity contribution in [3.05, 3.63) is 98.8 Å². The van der Waals surface area contributed by atoms with Gasteiger partial charge < -0.3 is 14.5 Å². The summed E-state index contributed by atoms with van der Waals surface area (Å²) in [7, 11) is 0. The summed E-state index contributed by atoms with van der Waals surface area (Å²) in [5, 5.41) is 13.7. The molecule has 0 aliphatic carbocycles. The summed E-state index contributed by atoms with van der Waals surface area (Å²) in [6.45, 7) is 0.431. The fourth-order valence-corrected chi connectivity index (χ4v) is 3.46. The molecule has 0 radical (unpaired) electrons. The Bertz CT molecular complexity index is 1410. The first kappa shape index (κ1) is 22.7. The number of nitro benzene ring substituents is 1. The molecule has 0 spiro atoms. The Balaban J connectivity index is 1.31. The molecule has 0 atom stereocenters. The number of anilines is 1. The van der Waals surface area contributed by atoms with Crippen LogP contribution in [-0.2, 0) is 17.9 Å². The summed E-state index contributed by atoms with van der Waals surface area (Å²) in [5.41, 5.74) is 1.77. The number of amides is 1. The zero-order valence-corrected chi connectivity index (χ0v) is 17.9. The lowest BCUT2D eigenvalue weighted by molar-refractivity contribution is -0.384. The number of non-ortho nitro benzene ring substituents is 1. The molecule has 4 aromatic rings. The number of carbonyl (C=O) groups is 1. The minimum atomic E-state index is -0.637. The van der Waals surface area contributed by atoms with Gasteiger partial charge in [0.2, 0.25) is 5.91 Å². The molecule has 0 unspecified atom stereocenters. The third kappa shape index (κ3) is 5.47. The SMILES string of the molecule is O=C(CCCn1c(=O)oc2cc([N+](=O)[O-])ccc21)Nc1cccc(COc2cccc(F)c2)c1. The first-order valence-electron chi connectivity index (χ1n) is 10.4. The smallest absolute Gasteiger partial charge is 0.419 e. The van der Waals surface area contributed by atoms with E-state index in [0.29, 0.717) is 23.4 Å². The maximum absolute atomic E-state index is 13.3. The minimum absolute atomic E-state index is 0.126. The standard InChI is InChI=1S/C24H20FN3O6/c25-17-5-2-7-20(13-17)33-15-16-4-1-6-18(12-16)26-23(29)8-3-11-27-21-10-9-19(28(31)32)14-22(21)34-24(27)30/h1-2,4-7,9-10,12-14H,3,8,11,15H2,(H,26,29). The molecule has 1 amide bonds. The zero-order valence-electron chi connectivity index (χ0n) is 17.9. The van der Waals surface area contributed by atoms with Gasteiger partial charge in [-0.1, -0.05) is 18.2 Å². The molecular weight excluding hydrogens is 445 g/mol. The van der Waals surface area contributed by atoms with Crippen molar-refractivity contribution in [3.8, 4) is 5.75 Å². The van der Waals surface area contributed by atoms with E-state index in [4.69, 9.17) is 9.15 Å². The number of benzene rings is 3. The molecule has 4 rings (SSSR count). The average molecular weight is 465 g/mol. The minimum Gasteiger partial charge on any atom is -0.489 e. The molecule has 0 bridgehead atoms. The van der Waals surface area contributed by atoms with Gasteiger partial charge in [-0.2, -0.15) is 0 Å². The number of hydrogen-bond donors (Lipinski definition) is 1. The van der Waals surface area contributed by atoms with Gasteiger partial charge in [0, 0.05) is 30.8 Å². The quantitative estimate of drug-likeness (QED) is 0.284. The highest BCUT2D eigenvalue weighted by molar-refractivity contribution is 5.90. The van der Waals surface area contributed by atoms with Crippen LogP contribution in [0.15, 0.2) is 75.9 Å². The summed E-state index contributed by atoms with van der Waals surface area (Å²) < 4.78 is 25.3. The van der Waals surface area contributed by atoms with E-state index in [-0.39, 0.29) is 42.6 Å². The Hall–Kier alpha value is -4.47. The molecule has 0 fully saturated rings. The maximum Gasteiger partial charge on any atom is 0.419 e. The van der Waals surface area contributed by atoms with E-state index in [1.165, 1.54) is 34.9 Å². The third-order valence-corrected chi connectivity index (χ3v) is 5.06. The molecule has 0 aliphatic rings. The molecule has 0 saturated carbocycles. The number of nitro groups is 1. The molecule has 3 aromatic carbocycles. The van der Waals surface area contributed by atoms with Crippen LogP contribution in [0.5, 0.6) is 5.75 Å². The van der Waals surface area contributed by atoms with Gasteiger partial charge in [-0.25, -0.2) is 9.18 Å². The fourth-order valence-electron chi connectivity index (χ4n) is 3.46. The van der Waals surface area contributed by atoms with E-state index in [2.05, 4.69) is 5.32 Å². The second-order valence-electron chi connectivity index (χ2n) is 7.53. The van der Waals surface area contributed by atoms with E-state index >= 15 is 0 Å². The Morgan fingerprint density at radius 1 is 1.12 bits per heavy atom. The molecule has 1 N–H and O–H groups in total. The molecule has 174 valence electrons. The zero-order chi connectivity index (χ0) is 24.1. The van der Waals surface area contributed by atoms with Gasteiger partial charge in [-0.3, -0.25) is 19.5 Å². The summed E-state index contributed by atoms with van der Waals surface area (Å²) in [5.74, 6) is -0.849. The second-order valence-corrected chi connectivity index (χ2v) is 7.53. The van der Waals surface area contributed by atoms with Crippen molar-refractivity contribution in [2.24, 2.45) is 0 Å². The number of halogens is 1. The number of fused-ring (bicyclic) bond motifs is 1. The number of aryl methyl sites for hydroxylation is 1. The van der Waals surface area contributed by atoms with E-state index < -0.39 is 10.7 Å². The van der Waals surface area contributed by atoms with Gasteiger partial charge in [-0.15, -0.1) is 0 Å². The van der Waals surface area contributed by atoms with Gasteiger partial charge in [0.25, 0.3) is 5.69 Å². The first-order chi connectivity index (χ1) is 16.4. The molecule has 34 heavy (non-hydrogen) atoms. The summed E-state index contributed by atoms with van der Waals surface area (Å²) >= 11 is 0. The van der Waals surface area contributed by atoms with Crippen molar-refractivity contribution in [2.75, 3.05) is 5.32 Å². The van der Waals surface area contributed by atoms with Crippen molar-refractivity contribution in [1.29, 1.82) is 0 Å². The molecule has 0 saturated heterocycles. The van der Waals surface area contributed by atoms with E-state index in [1.54, 1.807) is 30.3 Å². The van der Waals surface area contributed by atoms with Crippen LogP contribution < -0.4 is 15.8 Å². The highest BCUT2D eigenvalue weighted by Crippen LogP contribution is 2.21. The summed E-state index contributed by atoms with van der Waals surface area (Å²) in [6.07, 6.45) is 0.510. The number of ether oxygens (including phenoxy) is 1. The van der Waals surface area contributed by atoms with Gasteiger partial charge in [-0.05, 0) is 42.3 Å². The number of nitrogens with one attached hydrogen (secondary N) is 1. The molecule has 9 nitrogen and oxygen atoms in total. The number of nitrogens with zero attached hydrogens (tertiary/aromatic N) is 2. The molecular formula is C24H20FN3O6. The van der Waals surface area contributed by atoms with Crippen LogP contribution in [0, 0.1) is 15.9 Å². The van der Waals surface area contributed by atoms with Crippen molar-refractivity contribution in [3.63, 3.8) is 0 Å². The third-order valence-electron chi connectivity index (χ3n) is 5.06. The van der Waals surface area contributed by atoms with Crippen molar-refractivity contribution >= 4 is 28.4 Å². The number of carbonyl (C=O) groups excluding carboxylic acids is 1. The van der Waals surface area contributed by atoms with Crippen molar-refractivity contribution in [1.82, 2.24) is 4.57 Å². The first-order valence-corrected chi connectivity index (χ1v) is 10.4. The highest BCUT2D eigenvalue weighted by atomic mass is 19.1. The largest absolute Gasteiger partial charge is 0.489 e. The Morgan fingerprint density at radius 2 is 1.94 bits per heavy atom.